The minimum Gasteiger partial charge on any atom is -0.385 e. The van der Waals surface area contributed by atoms with Gasteiger partial charge in [0.25, 0.3) is 0 Å². The molecule has 0 aliphatic heterocycles. The lowest BCUT2D eigenvalue weighted by atomic mass is 9.86. The quantitative estimate of drug-likeness (QED) is 0.777. The highest BCUT2D eigenvalue weighted by Crippen LogP contribution is 2.46. The van der Waals surface area contributed by atoms with Crippen molar-refractivity contribution in [1.82, 2.24) is 0 Å². The molecule has 0 amide bonds. The second-order valence-corrected chi connectivity index (χ2v) is 4.43. The second-order valence-electron chi connectivity index (χ2n) is 4.43. The number of hydrogen-bond acceptors (Lipinski definition) is 1. The van der Waals surface area contributed by atoms with E-state index in [4.69, 9.17) is 0 Å². The third-order valence-electron chi connectivity index (χ3n) is 3.32. The summed E-state index contributed by atoms with van der Waals surface area (Å²) in [7, 11) is 0. The molecule has 0 unspecified atom stereocenters. The van der Waals surface area contributed by atoms with Crippen molar-refractivity contribution in [2.45, 2.75) is 38.7 Å². The summed E-state index contributed by atoms with van der Waals surface area (Å²) < 4.78 is 0. The first-order valence-electron chi connectivity index (χ1n) is 5.47. The summed E-state index contributed by atoms with van der Waals surface area (Å²) >= 11 is 0. The van der Waals surface area contributed by atoms with Gasteiger partial charge in [0, 0.05) is 0 Å². The van der Waals surface area contributed by atoms with Crippen LogP contribution < -0.4 is 0 Å². The summed E-state index contributed by atoms with van der Waals surface area (Å²) in [5.41, 5.74) is 1.81. The van der Waals surface area contributed by atoms with E-state index in [0.29, 0.717) is 5.92 Å². The van der Waals surface area contributed by atoms with E-state index in [1.807, 2.05) is 19.1 Å². The van der Waals surface area contributed by atoms with Crippen molar-refractivity contribution in [3.63, 3.8) is 0 Å². The predicted octanol–water partition coefficient (Wildman–Crippen LogP) is 2.87. The maximum atomic E-state index is 10.4. The summed E-state index contributed by atoms with van der Waals surface area (Å²) in [5, 5.41) is 10.4. The van der Waals surface area contributed by atoms with Gasteiger partial charge < -0.3 is 5.11 Å². The van der Waals surface area contributed by atoms with Crippen LogP contribution in [0.25, 0.3) is 0 Å². The highest BCUT2D eigenvalue weighted by molar-refractivity contribution is 5.33. The molecule has 1 atom stereocenters. The largest absolute Gasteiger partial charge is 0.385 e. The molecule has 0 bridgehead atoms. The Morgan fingerprint density at radius 2 is 2.00 bits per heavy atom. The predicted molar refractivity (Wildman–Crippen MR) is 58.1 cm³/mol. The summed E-state index contributed by atoms with van der Waals surface area (Å²) in [6.07, 6.45) is 3.34. The maximum absolute atomic E-state index is 10.4. The van der Waals surface area contributed by atoms with Crippen LogP contribution in [0.1, 0.15) is 37.8 Å². The van der Waals surface area contributed by atoms with Crippen LogP contribution in [0.3, 0.4) is 0 Å². The zero-order valence-corrected chi connectivity index (χ0v) is 8.96. The van der Waals surface area contributed by atoms with Gasteiger partial charge in [0.2, 0.25) is 0 Å². The Bertz CT molecular complexity index is 324. The van der Waals surface area contributed by atoms with Crippen LogP contribution in [-0.2, 0) is 12.0 Å². The highest BCUT2D eigenvalue weighted by atomic mass is 16.3. The van der Waals surface area contributed by atoms with Crippen LogP contribution in [0.5, 0.6) is 0 Å². The number of aliphatic hydroxyl groups is 1. The molecule has 1 aromatic rings. The molecule has 76 valence electrons. The van der Waals surface area contributed by atoms with Crippen LogP contribution in [0.4, 0.5) is 0 Å². The van der Waals surface area contributed by atoms with Crippen LogP contribution in [-0.4, -0.2) is 5.11 Å². The molecule has 0 radical (unpaired) electrons. The molecule has 1 N–H and O–H groups in total. The minimum atomic E-state index is -0.605. The van der Waals surface area contributed by atoms with Crippen molar-refractivity contribution in [3.8, 4) is 0 Å². The number of benzene rings is 1. The Labute approximate surface area is 85.8 Å². The molecule has 1 aromatic carbocycles. The molecule has 2 rings (SSSR count). The molecule has 1 aliphatic rings. The molecule has 1 aliphatic carbocycles. The zero-order valence-electron chi connectivity index (χ0n) is 8.96. The molecule has 0 aromatic heterocycles. The van der Waals surface area contributed by atoms with E-state index in [1.165, 1.54) is 18.4 Å². The van der Waals surface area contributed by atoms with Crippen LogP contribution in [0, 0.1) is 5.92 Å². The summed E-state index contributed by atoms with van der Waals surface area (Å²) in [6, 6.07) is 8.25. The molecule has 0 heterocycles. The van der Waals surface area contributed by atoms with Gasteiger partial charge >= 0.3 is 0 Å². The average molecular weight is 190 g/mol. The first-order chi connectivity index (χ1) is 6.66. The molecule has 1 heteroatoms. The van der Waals surface area contributed by atoms with Crippen LogP contribution in [0.2, 0.25) is 0 Å². The van der Waals surface area contributed by atoms with Crippen molar-refractivity contribution >= 4 is 0 Å². The van der Waals surface area contributed by atoms with Gasteiger partial charge in [-0.3, -0.25) is 0 Å². The summed E-state index contributed by atoms with van der Waals surface area (Å²) in [6.45, 7) is 4.10. The Morgan fingerprint density at radius 1 is 1.36 bits per heavy atom. The topological polar surface area (TPSA) is 20.2 Å². The van der Waals surface area contributed by atoms with Gasteiger partial charge in [0.05, 0.1) is 5.60 Å². The third kappa shape index (κ3) is 1.57. The second kappa shape index (κ2) is 3.39. The van der Waals surface area contributed by atoms with E-state index >= 15 is 0 Å². The molecule has 1 saturated carbocycles. The molecular weight excluding hydrogens is 172 g/mol. The normalized spacial score (nSPS) is 20.5. The highest BCUT2D eigenvalue weighted by Gasteiger charge is 2.41. The number of hydrogen-bond donors (Lipinski definition) is 1. The van der Waals surface area contributed by atoms with Crippen LogP contribution >= 0.6 is 0 Å². The van der Waals surface area contributed by atoms with Crippen molar-refractivity contribution in [1.29, 1.82) is 0 Å². The van der Waals surface area contributed by atoms with E-state index in [-0.39, 0.29) is 0 Å². The molecule has 14 heavy (non-hydrogen) atoms. The van der Waals surface area contributed by atoms with Gasteiger partial charge in [0.15, 0.2) is 0 Å². The van der Waals surface area contributed by atoms with Gasteiger partial charge in [-0.1, -0.05) is 31.2 Å². The van der Waals surface area contributed by atoms with Gasteiger partial charge in [-0.25, -0.2) is 0 Å². The third-order valence-corrected chi connectivity index (χ3v) is 3.32. The smallest absolute Gasteiger partial charge is 0.0899 e. The fraction of sp³-hybridized carbons (Fsp3) is 0.538. The lowest BCUT2D eigenvalue weighted by molar-refractivity contribution is 0.0322. The summed E-state index contributed by atoms with van der Waals surface area (Å²) in [5.74, 6) is 0.482. The number of rotatable bonds is 3. The van der Waals surface area contributed by atoms with E-state index in [1.54, 1.807) is 0 Å². The first kappa shape index (κ1) is 9.72. The first-order valence-corrected chi connectivity index (χ1v) is 5.47. The Kier molecular flexibility index (Phi) is 2.36. The molecule has 1 fully saturated rings. The number of aryl methyl sites for hydroxylation is 1. The standard InChI is InChI=1S/C13H18O/c1-3-10-6-4-5-7-12(10)13(2,14)11-8-9-11/h4-7,11,14H,3,8-9H2,1-2H3/t13-/m0/s1. The SMILES string of the molecule is CCc1ccccc1[C@@](C)(O)C1CC1. The fourth-order valence-electron chi connectivity index (χ4n) is 2.19. The van der Waals surface area contributed by atoms with Crippen molar-refractivity contribution < 1.29 is 5.11 Å². The minimum absolute atomic E-state index is 0.482. The summed E-state index contributed by atoms with van der Waals surface area (Å²) in [4.78, 5) is 0. The monoisotopic (exact) mass is 190 g/mol. The Balaban J connectivity index is 2.38. The average Bonchev–Trinajstić information content (AvgIpc) is 3.01. The molecular formula is C13H18O. The van der Waals surface area contributed by atoms with Crippen molar-refractivity contribution in [3.05, 3.63) is 35.4 Å². The zero-order chi connectivity index (χ0) is 10.2. The van der Waals surface area contributed by atoms with E-state index in [0.717, 1.165) is 12.0 Å². The molecule has 1 nitrogen and oxygen atoms in total. The van der Waals surface area contributed by atoms with E-state index in [2.05, 4.69) is 19.1 Å². The van der Waals surface area contributed by atoms with E-state index in [9.17, 15) is 5.11 Å². The molecule has 0 saturated heterocycles. The lowest BCUT2D eigenvalue weighted by Crippen LogP contribution is -2.25. The lowest BCUT2D eigenvalue weighted by Gasteiger charge is -2.26. The van der Waals surface area contributed by atoms with Gasteiger partial charge in [-0.15, -0.1) is 0 Å². The van der Waals surface area contributed by atoms with Gasteiger partial charge in [0.1, 0.15) is 0 Å². The van der Waals surface area contributed by atoms with Crippen molar-refractivity contribution in [2.75, 3.05) is 0 Å². The van der Waals surface area contributed by atoms with Gasteiger partial charge in [-0.2, -0.15) is 0 Å². The van der Waals surface area contributed by atoms with Gasteiger partial charge in [-0.05, 0) is 43.2 Å². The van der Waals surface area contributed by atoms with Crippen LogP contribution in [0.15, 0.2) is 24.3 Å². The Hall–Kier alpha value is -0.820. The fourth-order valence-corrected chi connectivity index (χ4v) is 2.19. The maximum Gasteiger partial charge on any atom is 0.0899 e. The molecule has 0 spiro atoms. The van der Waals surface area contributed by atoms with Crippen molar-refractivity contribution in [2.24, 2.45) is 5.92 Å². The van der Waals surface area contributed by atoms with E-state index < -0.39 is 5.60 Å². The Morgan fingerprint density at radius 3 is 2.57 bits per heavy atom.